The topological polar surface area (TPSA) is 61.8 Å². The third-order valence-corrected chi connectivity index (χ3v) is 3.02. The Labute approximate surface area is 135 Å². The van der Waals surface area contributed by atoms with Gasteiger partial charge in [0, 0.05) is 5.02 Å². The number of benzene rings is 1. The molecule has 122 valence electrons. The van der Waals surface area contributed by atoms with Crippen molar-refractivity contribution in [2.75, 3.05) is 19.8 Å². The van der Waals surface area contributed by atoms with Gasteiger partial charge in [0.15, 0.2) is 0 Å². The summed E-state index contributed by atoms with van der Waals surface area (Å²) >= 11 is 5.75. The van der Waals surface area contributed by atoms with Crippen molar-refractivity contribution in [1.82, 2.24) is 0 Å². The first-order valence-electron chi connectivity index (χ1n) is 7.25. The Bertz CT molecular complexity index is 458. The second kappa shape index (κ2) is 11.0. The molecule has 0 spiro atoms. The van der Waals surface area contributed by atoms with Crippen LogP contribution in [0.25, 0.3) is 0 Å². The van der Waals surface area contributed by atoms with Crippen molar-refractivity contribution in [3.63, 3.8) is 0 Å². The first-order chi connectivity index (χ1) is 10.6. The first-order valence-corrected chi connectivity index (χ1v) is 7.63. The van der Waals surface area contributed by atoms with E-state index in [9.17, 15) is 9.59 Å². The molecule has 0 fully saturated rings. The maximum atomic E-state index is 11.4. The van der Waals surface area contributed by atoms with E-state index in [1.165, 1.54) is 0 Å². The van der Waals surface area contributed by atoms with Crippen molar-refractivity contribution in [2.24, 2.45) is 0 Å². The Hall–Kier alpha value is -1.59. The van der Waals surface area contributed by atoms with E-state index in [0.717, 1.165) is 24.8 Å². The van der Waals surface area contributed by atoms with Gasteiger partial charge in [0.2, 0.25) is 0 Å². The number of halogens is 1. The molecule has 1 rings (SSSR count). The van der Waals surface area contributed by atoms with Crippen LogP contribution in [0.3, 0.4) is 0 Å². The Kier molecular flexibility index (Phi) is 9.26. The fourth-order valence-electron chi connectivity index (χ4n) is 1.58. The van der Waals surface area contributed by atoms with Gasteiger partial charge in [-0.3, -0.25) is 0 Å². The summed E-state index contributed by atoms with van der Waals surface area (Å²) in [6, 6.07) is 6.97. The molecule has 22 heavy (non-hydrogen) atoms. The summed E-state index contributed by atoms with van der Waals surface area (Å²) in [6.45, 7) is 2.07. The molecule has 0 amide bonds. The number of ether oxygens (including phenoxy) is 3. The van der Waals surface area contributed by atoms with Crippen molar-refractivity contribution in [3.8, 4) is 0 Å². The zero-order valence-corrected chi connectivity index (χ0v) is 13.4. The van der Waals surface area contributed by atoms with Crippen molar-refractivity contribution in [3.05, 3.63) is 34.9 Å². The maximum absolute atomic E-state index is 11.4. The monoisotopic (exact) mass is 328 g/mol. The average molecular weight is 329 g/mol. The zero-order valence-electron chi connectivity index (χ0n) is 12.7. The van der Waals surface area contributed by atoms with Crippen molar-refractivity contribution < 1.29 is 23.8 Å². The van der Waals surface area contributed by atoms with Gasteiger partial charge in [-0.15, -0.1) is 0 Å². The molecule has 1 aromatic carbocycles. The fraction of sp³-hybridized carbons (Fsp3) is 0.500. The van der Waals surface area contributed by atoms with Gasteiger partial charge >= 0.3 is 11.9 Å². The van der Waals surface area contributed by atoms with Crippen LogP contribution in [-0.4, -0.2) is 31.8 Å². The number of rotatable bonds is 10. The minimum absolute atomic E-state index is 0.140. The number of unbranched alkanes of at least 4 members (excludes halogenated alkanes) is 2. The highest BCUT2D eigenvalue weighted by Gasteiger charge is 2.07. The smallest absolute Gasteiger partial charge is 0.332 e. The minimum atomic E-state index is -0.534. The minimum Gasteiger partial charge on any atom is -0.464 e. The van der Waals surface area contributed by atoms with Gasteiger partial charge < -0.3 is 14.2 Å². The van der Waals surface area contributed by atoms with Crippen LogP contribution in [0.15, 0.2) is 24.3 Å². The summed E-state index contributed by atoms with van der Waals surface area (Å²) in [5.41, 5.74) is 0.827. The Morgan fingerprint density at radius 1 is 1.00 bits per heavy atom. The fourth-order valence-corrected chi connectivity index (χ4v) is 1.71. The van der Waals surface area contributed by atoms with E-state index >= 15 is 0 Å². The SMILES string of the molecule is CCCCCOC(=O)COCC(=O)OCc1ccc(Cl)cc1. The standard InChI is InChI=1S/C16H21ClO5/c1-2-3-4-9-21-15(18)11-20-12-16(19)22-10-13-5-7-14(17)8-6-13/h5-8H,2-4,9-12H2,1H3. The zero-order chi connectivity index (χ0) is 16.2. The van der Waals surface area contributed by atoms with E-state index in [2.05, 4.69) is 6.92 Å². The Morgan fingerprint density at radius 2 is 1.64 bits per heavy atom. The molecular formula is C16H21ClO5. The molecule has 0 N–H and O–H groups in total. The summed E-state index contributed by atoms with van der Waals surface area (Å²) in [7, 11) is 0. The largest absolute Gasteiger partial charge is 0.464 e. The lowest BCUT2D eigenvalue weighted by Gasteiger charge is -2.07. The van der Waals surface area contributed by atoms with Crippen LogP contribution in [0.2, 0.25) is 5.02 Å². The van der Waals surface area contributed by atoms with Crippen LogP contribution in [0.1, 0.15) is 31.7 Å². The predicted octanol–water partition coefficient (Wildman–Crippen LogP) is 3.13. The highest BCUT2D eigenvalue weighted by Crippen LogP contribution is 2.10. The summed E-state index contributed by atoms with van der Waals surface area (Å²) in [4.78, 5) is 22.7. The summed E-state index contributed by atoms with van der Waals surface area (Å²) in [6.07, 6.45) is 2.92. The first kappa shape index (κ1) is 18.5. The van der Waals surface area contributed by atoms with E-state index in [1.54, 1.807) is 24.3 Å². The lowest BCUT2D eigenvalue weighted by molar-refractivity contribution is -0.156. The molecule has 6 heteroatoms. The molecule has 0 atom stereocenters. The van der Waals surface area contributed by atoms with Crippen LogP contribution in [0.5, 0.6) is 0 Å². The van der Waals surface area contributed by atoms with Crippen LogP contribution in [0, 0.1) is 0 Å². The molecule has 0 aliphatic heterocycles. The van der Waals surface area contributed by atoms with Crippen LogP contribution in [0.4, 0.5) is 0 Å². The third-order valence-electron chi connectivity index (χ3n) is 2.76. The highest BCUT2D eigenvalue weighted by atomic mass is 35.5. The van der Waals surface area contributed by atoms with Gasteiger partial charge in [0.25, 0.3) is 0 Å². The molecule has 0 heterocycles. The summed E-state index contributed by atoms with van der Waals surface area (Å²) in [5, 5.41) is 0.621. The van der Waals surface area contributed by atoms with Gasteiger partial charge in [-0.05, 0) is 24.1 Å². The maximum Gasteiger partial charge on any atom is 0.332 e. The lowest BCUT2D eigenvalue weighted by Crippen LogP contribution is -2.18. The number of hydrogen-bond donors (Lipinski definition) is 0. The van der Waals surface area contributed by atoms with Crippen LogP contribution >= 0.6 is 11.6 Å². The number of esters is 2. The van der Waals surface area contributed by atoms with Gasteiger partial charge in [0.05, 0.1) is 6.61 Å². The Balaban J connectivity index is 2.08. The summed E-state index contributed by atoms with van der Waals surface area (Å²) < 4.78 is 14.9. The molecule has 0 radical (unpaired) electrons. The number of carbonyl (C=O) groups is 2. The van der Waals surface area contributed by atoms with E-state index in [1.807, 2.05) is 0 Å². The lowest BCUT2D eigenvalue weighted by atomic mass is 10.2. The Morgan fingerprint density at radius 3 is 2.27 bits per heavy atom. The quantitative estimate of drug-likeness (QED) is 0.488. The van der Waals surface area contributed by atoms with E-state index in [0.29, 0.717) is 11.6 Å². The van der Waals surface area contributed by atoms with Crippen molar-refractivity contribution in [1.29, 1.82) is 0 Å². The predicted molar refractivity (Wildman–Crippen MR) is 82.6 cm³/mol. The molecule has 0 aliphatic rings. The molecule has 0 bridgehead atoms. The van der Waals surface area contributed by atoms with Gasteiger partial charge in [-0.2, -0.15) is 0 Å². The summed E-state index contributed by atoms with van der Waals surface area (Å²) in [5.74, 6) is -1.00. The van der Waals surface area contributed by atoms with E-state index < -0.39 is 11.9 Å². The second-order valence-electron chi connectivity index (χ2n) is 4.71. The highest BCUT2D eigenvalue weighted by molar-refractivity contribution is 6.30. The molecule has 0 aromatic heterocycles. The van der Waals surface area contributed by atoms with E-state index in [4.69, 9.17) is 25.8 Å². The van der Waals surface area contributed by atoms with Gasteiger partial charge in [-0.25, -0.2) is 9.59 Å². The van der Waals surface area contributed by atoms with Crippen LogP contribution in [-0.2, 0) is 30.4 Å². The van der Waals surface area contributed by atoms with Crippen molar-refractivity contribution in [2.45, 2.75) is 32.8 Å². The number of hydrogen-bond acceptors (Lipinski definition) is 5. The second-order valence-corrected chi connectivity index (χ2v) is 5.14. The van der Waals surface area contributed by atoms with Gasteiger partial charge in [0.1, 0.15) is 19.8 Å². The normalized spacial score (nSPS) is 10.3. The molecule has 1 aromatic rings. The van der Waals surface area contributed by atoms with E-state index in [-0.39, 0.29) is 19.8 Å². The molecule has 0 saturated carbocycles. The third kappa shape index (κ3) is 8.64. The van der Waals surface area contributed by atoms with Crippen LogP contribution < -0.4 is 0 Å². The molecular weight excluding hydrogens is 308 g/mol. The van der Waals surface area contributed by atoms with Gasteiger partial charge in [-0.1, -0.05) is 43.5 Å². The average Bonchev–Trinajstić information content (AvgIpc) is 2.51. The molecule has 0 aliphatic carbocycles. The molecule has 5 nitrogen and oxygen atoms in total. The van der Waals surface area contributed by atoms with Crippen molar-refractivity contribution >= 4 is 23.5 Å². The number of carbonyl (C=O) groups excluding carboxylic acids is 2. The molecule has 0 unspecified atom stereocenters. The molecule has 0 saturated heterocycles.